The second kappa shape index (κ2) is 6.62. The molecule has 2 rings (SSSR count). The molecule has 3 N–H and O–H groups in total. The molecule has 0 saturated carbocycles. The van der Waals surface area contributed by atoms with E-state index in [1.54, 1.807) is 6.08 Å². The Labute approximate surface area is 142 Å². The maximum Gasteiger partial charge on any atom is 0.344 e. The predicted molar refractivity (Wildman–Crippen MR) is 89.8 cm³/mol. The lowest BCUT2D eigenvalue weighted by atomic mass is 9.92. The van der Waals surface area contributed by atoms with Gasteiger partial charge in [-0.3, -0.25) is 20.3 Å². The summed E-state index contributed by atoms with van der Waals surface area (Å²) in [5.41, 5.74) is 1.46. The third kappa shape index (κ3) is 3.18. The lowest BCUT2D eigenvalue weighted by molar-refractivity contribution is -0.384. The lowest BCUT2D eigenvalue weighted by Gasteiger charge is -2.22. The van der Waals surface area contributed by atoms with Gasteiger partial charge >= 0.3 is 6.03 Å². The molecule has 1 atom stereocenters. The fourth-order valence-corrected chi connectivity index (χ4v) is 2.33. The smallest absolute Gasteiger partial charge is 0.344 e. The van der Waals surface area contributed by atoms with Gasteiger partial charge in [0.15, 0.2) is 5.11 Å². The van der Waals surface area contributed by atoms with Gasteiger partial charge in [-0.15, -0.1) is 6.58 Å². The normalized spacial score (nSPS) is 19.6. The van der Waals surface area contributed by atoms with E-state index in [9.17, 15) is 19.7 Å². The Morgan fingerprint density at radius 2 is 2.08 bits per heavy atom. The van der Waals surface area contributed by atoms with Gasteiger partial charge in [0.05, 0.1) is 4.92 Å². The first-order chi connectivity index (χ1) is 11.3. The quantitative estimate of drug-likeness (QED) is 0.238. The van der Waals surface area contributed by atoms with E-state index in [0.29, 0.717) is 12.1 Å². The SMILES string of the molecule is C=CCNC(=S)NN1C(=O)N[C@](C)(c2ccc([N+](=O)[O-])cc2)C1=O. The second-order valence-corrected chi connectivity index (χ2v) is 5.52. The van der Waals surface area contributed by atoms with Crippen LogP contribution in [0.2, 0.25) is 0 Å². The molecule has 0 radical (unpaired) electrons. The molecule has 1 saturated heterocycles. The number of nitrogens with zero attached hydrogens (tertiary/aromatic N) is 2. The molecule has 10 heteroatoms. The van der Waals surface area contributed by atoms with Crippen molar-refractivity contribution in [3.63, 3.8) is 0 Å². The van der Waals surface area contributed by atoms with Crippen molar-refractivity contribution < 1.29 is 14.5 Å². The molecule has 1 fully saturated rings. The third-order valence-electron chi connectivity index (χ3n) is 3.47. The fourth-order valence-electron chi connectivity index (χ4n) is 2.16. The zero-order chi connectivity index (χ0) is 17.9. The van der Waals surface area contributed by atoms with Crippen molar-refractivity contribution in [3.8, 4) is 0 Å². The van der Waals surface area contributed by atoms with Gasteiger partial charge in [0, 0.05) is 18.7 Å². The van der Waals surface area contributed by atoms with Crippen molar-refractivity contribution in [1.82, 2.24) is 21.1 Å². The zero-order valence-electron chi connectivity index (χ0n) is 12.7. The summed E-state index contributed by atoms with van der Waals surface area (Å²) in [6.45, 7) is 5.40. The molecule has 0 unspecified atom stereocenters. The molecule has 0 aromatic heterocycles. The summed E-state index contributed by atoms with van der Waals surface area (Å²) in [5.74, 6) is -0.580. The molecular weight excluding hydrogens is 334 g/mol. The van der Waals surface area contributed by atoms with Crippen LogP contribution in [-0.4, -0.2) is 33.5 Å². The number of hydrogen-bond donors (Lipinski definition) is 3. The van der Waals surface area contributed by atoms with Crippen molar-refractivity contribution >= 4 is 35.0 Å². The van der Waals surface area contributed by atoms with Gasteiger partial charge in [-0.2, -0.15) is 5.01 Å². The standard InChI is InChI=1S/C14H15N5O4S/c1-3-8-15-12(24)17-18-11(20)14(2,16-13(18)21)9-4-6-10(7-5-9)19(22)23/h3-7H,1,8H2,2H3,(H,16,21)(H2,15,17,24)/t14-/m1/s1. The van der Waals surface area contributed by atoms with E-state index in [2.05, 4.69) is 22.6 Å². The van der Waals surface area contributed by atoms with Crippen molar-refractivity contribution in [2.45, 2.75) is 12.5 Å². The van der Waals surface area contributed by atoms with Crippen molar-refractivity contribution in [3.05, 3.63) is 52.6 Å². The first-order valence-corrected chi connectivity index (χ1v) is 7.27. The highest BCUT2D eigenvalue weighted by molar-refractivity contribution is 7.80. The van der Waals surface area contributed by atoms with Crippen LogP contribution in [0.1, 0.15) is 12.5 Å². The maximum atomic E-state index is 12.6. The first kappa shape index (κ1) is 17.3. The van der Waals surface area contributed by atoms with Crippen molar-refractivity contribution in [2.24, 2.45) is 0 Å². The minimum Gasteiger partial charge on any atom is -0.358 e. The number of nitro groups is 1. The van der Waals surface area contributed by atoms with Crippen LogP contribution < -0.4 is 16.1 Å². The Morgan fingerprint density at radius 3 is 2.62 bits per heavy atom. The van der Waals surface area contributed by atoms with Crippen LogP contribution in [0.25, 0.3) is 0 Å². The summed E-state index contributed by atoms with van der Waals surface area (Å²) in [4.78, 5) is 34.8. The van der Waals surface area contributed by atoms with Crippen LogP contribution in [0.15, 0.2) is 36.9 Å². The summed E-state index contributed by atoms with van der Waals surface area (Å²) >= 11 is 4.98. The Bertz CT molecular complexity index is 720. The molecule has 3 amide bonds. The topological polar surface area (TPSA) is 117 Å². The van der Waals surface area contributed by atoms with Gasteiger partial charge in [0.1, 0.15) is 5.54 Å². The molecule has 126 valence electrons. The molecule has 0 bridgehead atoms. The van der Waals surface area contributed by atoms with E-state index in [1.807, 2.05) is 0 Å². The highest BCUT2D eigenvalue weighted by Crippen LogP contribution is 2.29. The second-order valence-electron chi connectivity index (χ2n) is 5.11. The molecule has 0 aliphatic carbocycles. The Hall–Kier alpha value is -3.01. The van der Waals surface area contributed by atoms with Crippen LogP contribution >= 0.6 is 12.2 Å². The number of amides is 3. The van der Waals surface area contributed by atoms with Gasteiger partial charge in [0.25, 0.3) is 11.6 Å². The molecule has 24 heavy (non-hydrogen) atoms. The average molecular weight is 349 g/mol. The molecule has 9 nitrogen and oxygen atoms in total. The molecular formula is C14H15N5O4S. The van der Waals surface area contributed by atoms with E-state index in [-0.39, 0.29) is 10.8 Å². The maximum absolute atomic E-state index is 12.6. The van der Waals surface area contributed by atoms with Crippen LogP contribution in [0.3, 0.4) is 0 Å². The van der Waals surface area contributed by atoms with Crippen molar-refractivity contribution in [1.29, 1.82) is 0 Å². The van der Waals surface area contributed by atoms with Gasteiger partial charge in [-0.05, 0) is 36.8 Å². The number of benzene rings is 1. The molecule has 1 heterocycles. The molecule has 1 aliphatic heterocycles. The van der Waals surface area contributed by atoms with E-state index in [4.69, 9.17) is 12.2 Å². The number of hydrogen-bond acceptors (Lipinski definition) is 5. The van der Waals surface area contributed by atoms with Crippen LogP contribution in [0.4, 0.5) is 10.5 Å². The van der Waals surface area contributed by atoms with Gasteiger partial charge in [-0.1, -0.05) is 6.08 Å². The Morgan fingerprint density at radius 1 is 1.46 bits per heavy atom. The lowest BCUT2D eigenvalue weighted by Crippen LogP contribution is -2.51. The number of rotatable bonds is 5. The number of hydrazine groups is 1. The average Bonchev–Trinajstić information content (AvgIpc) is 2.77. The van der Waals surface area contributed by atoms with Crippen LogP contribution in [0, 0.1) is 10.1 Å². The van der Waals surface area contributed by atoms with Gasteiger partial charge < -0.3 is 10.6 Å². The van der Waals surface area contributed by atoms with E-state index < -0.39 is 22.4 Å². The summed E-state index contributed by atoms with van der Waals surface area (Å²) in [6.07, 6.45) is 1.57. The molecule has 1 aromatic rings. The molecule has 1 aromatic carbocycles. The number of thiocarbonyl (C=S) groups is 1. The number of non-ortho nitro benzene ring substituents is 1. The van der Waals surface area contributed by atoms with Crippen LogP contribution in [0.5, 0.6) is 0 Å². The minimum absolute atomic E-state index is 0.0892. The van der Waals surface area contributed by atoms with Gasteiger partial charge in [-0.25, -0.2) is 4.79 Å². The van der Waals surface area contributed by atoms with Gasteiger partial charge in [0.2, 0.25) is 0 Å². The Kier molecular flexibility index (Phi) is 4.79. The fraction of sp³-hybridized carbons (Fsp3) is 0.214. The molecule has 1 aliphatic rings. The monoisotopic (exact) mass is 349 g/mol. The third-order valence-corrected chi connectivity index (χ3v) is 3.70. The zero-order valence-corrected chi connectivity index (χ0v) is 13.6. The summed E-state index contributed by atoms with van der Waals surface area (Å²) in [5, 5.41) is 16.9. The van der Waals surface area contributed by atoms with E-state index >= 15 is 0 Å². The van der Waals surface area contributed by atoms with E-state index in [0.717, 1.165) is 5.01 Å². The Balaban J connectivity index is 2.20. The predicted octanol–water partition coefficient (Wildman–Crippen LogP) is 0.927. The summed E-state index contributed by atoms with van der Waals surface area (Å²) in [7, 11) is 0. The number of carbonyl (C=O) groups excluding carboxylic acids is 2. The summed E-state index contributed by atoms with van der Waals surface area (Å²) < 4.78 is 0. The number of nitro benzene ring substituents is 1. The van der Waals surface area contributed by atoms with Crippen LogP contribution in [-0.2, 0) is 10.3 Å². The summed E-state index contributed by atoms with van der Waals surface area (Å²) in [6, 6.07) is 4.71. The first-order valence-electron chi connectivity index (χ1n) is 6.86. The number of nitrogens with one attached hydrogen (secondary N) is 3. The van der Waals surface area contributed by atoms with Crippen molar-refractivity contribution in [2.75, 3.05) is 6.54 Å². The number of urea groups is 1. The highest BCUT2D eigenvalue weighted by Gasteiger charge is 2.49. The largest absolute Gasteiger partial charge is 0.358 e. The number of imide groups is 1. The van der Waals surface area contributed by atoms with E-state index in [1.165, 1.54) is 31.2 Å². The highest BCUT2D eigenvalue weighted by atomic mass is 32.1. The number of carbonyl (C=O) groups is 2. The molecule has 0 spiro atoms. The minimum atomic E-state index is -1.35.